The molecule has 3 atom stereocenters. The Morgan fingerprint density at radius 3 is 1.28 bits per heavy atom. The molecule has 0 saturated heterocycles. The molecule has 0 aromatic heterocycles. The first-order chi connectivity index (χ1) is 33.5. The van der Waals surface area contributed by atoms with Crippen LogP contribution in [0.5, 0.6) is 0 Å². The third kappa shape index (κ3) is 53.6. The van der Waals surface area contributed by atoms with Crippen LogP contribution in [0.25, 0.3) is 0 Å². The van der Waals surface area contributed by atoms with Gasteiger partial charge in [-0.25, -0.2) is 4.57 Å². The van der Waals surface area contributed by atoms with Gasteiger partial charge in [0.1, 0.15) is 13.2 Å². The topological polar surface area (TPSA) is 105 Å². The molecule has 3 N–H and O–H groups in total. The van der Waals surface area contributed by atoms with Gasteiger partial charge in [-0.2, -0.15) is 0 Å². The fraction of sp³-hybridized carbons (Fsp3) is 0.783. The number of quaternary nitrogens is 1. The number of hydrogen-bond donors (Lipinski definition) is 3. The first-order valence-corrected chi connectivity index (χ1v) is 30.3. The van der Waals surface area contributed by atoms with Crippen molar-refractivity contribution in [1.29, 1.82) is 0 Å². The van der Waals surface area contributed by atoms with Crippen molar-refractivity contribution in [2.75, 3.05) is 40.9 Å². The average Bonchev–Trinajstić information content (AvgIpc) is 3.31. The van der Waals surface area contributed by atoms with E-state index in [2.05, 4.69) is 79.9 Å². The molecule has 3 unspecified atom stereocenters. The van der Waals surface area contributed by atoms with Gasteiger partial charge in [-0.3, -0.25) is 13.8 Å². The lowest BCUT2D eigenvalue weighted by atomic mass is 10.0. The quantitative estimate of drug-likeness (QED) is 0.0243. The molecule has 402 valence electrons. The molecule has 8 nitrogen and oxygen atoms in total. The van der Waals surface area contributed by atoms with Crippen LogP contribution in [-0.4, -0.2) is 73.4 Å². The molecule has 0 aliphatic carbocycles. The van der Waals surface area contributed by atoms with Crippen LogP contribution in [-0.2, 0) is 18.4 Å². The molecule has 0 saturated carbocycles. The minimum absolute atomic E-state index is 0.0576. The van der Waals surface area contributed by atoms with Gasteiger partial charge in [0.2, 0.25) is 5.91 Å². The number of amides is 1. The molecule has 0 aliphatic rings. The summed E-state index contributed by atoms with van der Waals surface area (Å²) in [6.45, 7) is 4.72. The molecule has 9 heteroatoms. The average molecular weight is 989 g/mol. The Balaban J connectivity index is 4.25. The predicted molar refractivity (Wildman–Crippen MR) is 300 cm³/mol. The molecule has 0 heterocycles. The van der Waals surface area contributed by atoms with Gasteiger partial charge in [-0.15, -0.1) is 0 Å². The fourth-order valence-corrected chi connectivity index (χ4v) is 8.92. The summed E-state index contributed by atoms with van der Waals surface area (Å²) in [6, 6.07) is -0.855. The Hall–Kier alpha value is -2.06. The zero-order valence-corrected chi connectivity index (χ0v) is 46.7. The number of nitrogens with zero attached hydrogens (tertiary/aromatic N) is 1. The van der Waals surface area contributed by atoms with Crippen LogP contribution in [0.2, 0.25) is 0 Å². The molecular weight excluding hydrogens is 876 g/mol. The molecule has 69 heavy (non-hydrogen) atoms. The van der Waals surface area contributed by atoms with Crippen molar-refractivity contribution in [3.8, 4) is 0 Å². The summed E-state index contributed by atoms with van der Waals surface area (Å²) in [6.07, 6.45) is 69.9. The van der Waals surface area contributed by atoms with E-state index in [0.717, 1.165) is 77.0 Å². The van der Waals surface area contributed by atoms with Crippen molar-refractivity contribution < 1.29 is 32.9 Å². The van der Waals surface area contributed by atoms with Crippen LogP contribution in [0.3, 0.4) is 0 Å². The van der Waals surface area contributed by atoms with Gasteiger partial charge in [0.25, 0.3) is 0 Å². The number of carbonyl (C=O) groups excluding carboxylic acids is 1. The third-order valence-electron chi connectivity index (χ3n) is 12.7. The van der Waals surface area contributed by atoms with Crippen molar-refractivity contribution in [3.63, 3.8) is 0 Å². The molecule has 0 fully saturated rings. The van der Waals surface area contributed by atoms with Gasteiger partial charge in [0.15, 0.2) is 0 Å². The van der Waals surface area contributed by atoms with Crippen molar-refractivity contribution in [2.24, 2.45) is 0 Å². The van der Waals surface area contributed by atoms with Crippen molar-refractivity contribution in [3.05, 3.63) is 72.9 Å². The van der Waals surface area contributed by atoms with E-state index in [1.165, 1.54) is 154 Å². The molecule has 1 amide bonds. The largest absolute Gasteiger partial charge is 0.472 e. The summed E-state index contributed by atoms with van der Waals surface area (Å²) in [5.41, 5.74) is 0. The summed E-state index contributed by atoms with van der Waals surface area (Å²) in [4.78, 5) is 23.3. The highest BCUT2D eigenvalue weighted by molar-refractivity contribution is 7.47. The number of phosphoric acid groups is 1. The van der Waals surface area contributed by atoms with Crippen LogP contribution in [0.4, 0.5) is 0 Å². The zero-order valence-electron chi connectivity index (χ0n) is 45.8. The number of rotatable bonds is 52. The van der Waals surface area contributed by atoms with Gasteiger partial charge in [0.05, 0.1) is 39.9 Å². The summed E-state index contributed by atoms with van der Waals surface area (Å²) in [5, 5.41) is 13.9. The highest BCUT2D eigenvalue weighted by atomic mass is 31.2. The van der Waals surface area contributed by atoms with Crippen LogP contribution in [0.15, 0.2) is 72.9 Å². The second-order valence-corrected chi connectivity index (χ2v) is 22.1. The highest BCUT2D eigenvalue weighted by Crippen LogP contribution is 2.43. The van der Waals surface area contributed by atoms with Gasteiger partial charge >= 0.3 is 7.82 Å². The van der Waals surface area contributed by atoms with E-state index in [0.29, 0.717) is 17.4 Å². The number of carbonyl (C=O) groups is 1. The Bertz CT molecular complexity index is 1350. The van der Waals surface area contributed by atoms with Crippen LogP contribution < -0.4 is 5.32 Å². The predicted octanol–water partition coefficient (Wildman–Crippen LogP) is 17.5. The molecule has 0 rings (SSSR count). The summed E-state index contributed by atoms with van der Waals surface area (Å²) >= 11 is 0. The van der Waals surface area contributed by atoms with Crippen LogP contribution in [0.1, 0.15) is 251 Å². The standard InChI is InChI=1S/C60H111N2O6P/c1-6-8-10-12-14-16-18-20-22-24-26-28-30-31-32-34-36-38-40-42-44-46-48-50-52-54-60(64)61-58(57-68-69(65,66)67-56-55-62(3,4)5)59(63)53-51-49-47-45-43-41-39-37-35-33-29-27-25-23-21-19-17-15-13-11-9-7-2/h8,10,14,16,20,22,26,28,31-32,51,53,58-59,63H,6-7,9,11-13,15,17-19,21,23-25,27,29-30,33-50,52,54-57H2,1-5H3,(H-,61,64,65,66)/p+1/b10-8-,16-14-,22-20-,28-26-,32-31-,53-51+. The first-order valence-electron chi connectivity index (χ1n) is 28.8. The maximum atomic E-state index is 13.0. The number of nitrogens with one attached hydrogen (secondary N) is 1. The van der Waals surface area contributed by atoms with E-state index in [1.54, 1.807) is 6.08 Å². The number of allylic oxidation sites excluding steroid dienone is 11. The fourth-order valence-electron chi connectivity index (χ4n) is 8.19. The third-order valence-corrected chi connectivity index (χ3v) is 13.7. The monoisotopic (exact) mass is 988 g/mol. The van der Waals surface area contributed by atoms with Crippen molar-refractivity contribution in [1.82, 2.24) is 5.32 Å². The summed E-state index contributed by atoms with van der Waals surface area (Å²) < 4.78 is 23.7. The maximum absolute atomic E-state index is 13.0. The number of hydrogen-bond acceptors (Lipinski definition) is 5. The highest BCUT2D eigenvalue weighted by Gasteiger charge is 2.27. The lowest BCUT2D eigenvalue weighted by Crippen LogP contribution is -2.45. The van der Waals surface area contributed by atoms with E-state index in [4.69, 9.17) is 9.05 Å². The van der Waals surface area contributed by atoms with E-state index < -0.39 is 20.0 Å². The Morgan fingerprint density at radius 2 is 0.870 bits per heavy atom. The lowest BCUT2D eigenvalue weighted by Gasteiger charge is -2.25. The van der Waals surface area contributed by atoms with E-state index in [1.807, 2.05) is 27.2 Å². The van der Waals surface area contributed by atoms with E-state index >= 15 is 0 Å². The molecule has 0 aromatic carbocycles. The van der Waals surface area contributed by atoms with Gasteiger partial charge < -0.3 is 19.8 Å². The van der Waals surface area contributed by atoms with E-state index in [-0.39, 0.29) is 19.1 Å². The molecule has 0 aliphatic heterocycles. The first kappa shape index (κ1) is 66.9. The number of unbranched alkanes of at least 4 members (excludes halogenated alkanes) is 29. The second-order valence-electron chi connectivity index (χ2n) is 20.6. The second kappa shape index (κ2) is 50.9. The smallest absolute Gasteiger partial charge is 0.387 e. The van der Waals surface area contributed by atoms with Gasteiger partial charge in [0, 0.05) is 6.42 Å². The number of likely N-dealkylation sites (N-methyl/N-ethyl adjacent to an activating group) is 1. The zero-order chi connectivity index (χ0) is 50.6. The molecule has 0 aromatic rings. The minimum Gasteiger partial charge on any atom is -0.387 e. The minimum atomic E-state index is -4.35. The molecule has 0 radical (unpaired) electrons. The van der Waals surface area contributed by atoms with Crippen LogP contribution >= 0.6 is 7.82 Å². The lowest BCUT2D eigenvalue weighted by molar-refractivity contribution is -0.870. The van der Waals surface area contributed by atoms with E-state index in [9.17, 15) is 19.4 Å². The summed E-state index contributed by atoms with van der Waals surface area (Å²) in [5.74, 6) is -0.184. The Morgan fingerprint density at radius 1 is 0.507 bits per heavy atom. The van der Waals surface area contributed by atoms with Crippen molar-refractivity contribution in [2.45, 2.75) is 264 Å². The Labute approximate surface area is 427 Å². The molecule has 0 bridgehead atoms. The summed E-state index contributed by atoms with van der Waals surface area (Å²) in [7, 11) is 1.56. The Kier molecular flexibility index (Phi) is 49.3. The maximum Gasteiger partial charge on any atom is 0.472 e. The number of aliphatic hydroxyl groups is 1. The van der Waals surface area contributed by atoms with Gasteiger partial charge in [-0.05, 0) is 64.2 Å². The number of phosphoric ester groups is 1. The molecular formula is C60H112N2O6P+. The van der Waals surface area contributed by atoms with Crippen molar-refractivity contribution >= 4 is 13.7 Å². The molecule has 0 spiro atoms. The normalized spacial score (nSPS) is 14.5. The SMILES string of the molecule is CC/C=C\C/C=C\C/C=C\C/C=C\C/C=C\CCCCCCCCCCCC(=O)NC(COP(=O)(O)OCC[N+](C)(C)C)C(O)/C=C/CCCCCCCCCCCCCCCCCCCCCC. The number of aliphatic hydroxyl groups excluding tert-OH is 1. The van der Waals surface area contributed by atoms with Crippen LogP contribution in [0, 0.1) is 0 Å². The van der Waals surface area contributed by atoms with Gasteiger partial charge in [-0.1, -0.05) is 254 Å².